The van der Waals surface area contributed by atoms with Crippen LogP contribution in [0, 0.1) is 4.77 Å². The molecule has 1 heterocycles. The van der Waals surface area contributed by atoms with Gasteiger partial charge in [0.15, 0.2) is 5.82 Å². The Morgan fingerprint density at radius 1 is 1.50 bits per heavy atom. The number of rotatable bonds is 4. The Morgan fingerprint density at radius 3 is 2.85 bits per heavy atom. The first-order chi connectivity index (χ1) is 9.50. The lowest BCUT2D eigenvalue weighted by atomic mass is 10.1. The molecular weight excluding hydrogens is 276 g/mol. The quantitative estimate of drug-likeness (QED) is 0.670. The summed E-state index contributed by atoms with van der Waals surface area (Å²) < 4.78 is 1.87. The van der Waals surface area contributed by atoms with E-state index < -0.39 is 5.97 Å². The lowest BCUT2D eigenvalue weighted by Crippen LogP contribution is -2.04. The van der Waals surface area contributed by atoms with Crippen molar-refractivity contribution in [3.05, 3.63) is 46.0 Å². The molecule has 6 nitrogen and oxygen atoms in total. The smallest absolute Gasteiger partial charge is 0.336 e. The molecule has 1 aromatic carbocycles. The lowest BCUT2D eigenvalue weighted by Gasteiger charge is -2.03. The third-order valence-electron chi connectivity index (χ3n) is 2.70. The van der Waals surface area contributed by atoms with Crippen LogP contribution >= 0.6 is 12.2 Å². The summed E-state index contributed by atoms with van der Waals surface area (Å²) in [5, 5.41) is 20.1. The Balaban J connectivity index is 2.43. The molecule has 0 spiro atoms. The molecule has 0 aliphatic carbocycles. The first-order valence-corrected chi connectivity index (χ1v) is 6.45. The second kappa shape index (κ2) is 5.79. The number of carbonyl (C=O) groups is 1. The third-order valence-corrected chi connectivity index (χ3v) is 2.96. The molecule has 7 heteroatoms. The maximum Gasteiger partial charge on any atom is 0.336 e. The summed E-state index contributed by atoms with van der Waals surface area (Å²) in [5.74, 6) is -0.152. The molecule has 0 saturated heterocycles. The zero-order valence-corrected chi connectivity index (χ0v) is 11.9. The fourth-order valence-corrected chi connectivity index (χ4v) is 1.90. The van der Waals surface area contributed by atoms with Gasteiger partial charge in [0, 0.05) is 11.5 Å². The molecule has 20 heavy (non-hydrogen) atoms. The van der Waals surface area contributed by atoms with Gasteiger partial charge in [0.05, 0.1) is 11.8 Å². The molecule has 2 aromatic rings. The standard InChI is InChI=1S/C13H14N4O2S/c1-8(2)11-15-16-13(20)17(11)14-7-9-5-3-4-6-10(9)12(18)19/h3-8H,1-2H3,(H,16,20)(H,18,19)/b14-7+. The van der Waals surface area contributed by atoms with Crippen LogP contribution in [0.1, 0.15) is 41.5 Å². The number of aromatic carboxylic acids is 1. The van der Waals surface area contributed by atoms with Crippen LogP contribution in [-0.4, -0.2) is 32.2 Å². The molecule has 2 rings (SSSR count). The van der Waals surface area contributed by atoms with Gasteiger partial charge in [-0.25, -0.2) is 4.79 Å². The van der Waals surface area contributed by atoms with E-state index in [0.29, 0.717) is 16.2 Å². The predicted octanol–water partition coefficient (Wildman–Crippen LogP) is 2.64. The highest BCUT2D eigenvalue weighted by atomic mass is 32.1. The van der Waals surface area contributed by atoms with Crippen molar-refractivity contribution in [3.63, 3.8) is 0 Å². The molecule has 0 aliphatic heterocycles. The minimum atomic E-state index is -0.994. The third kappa shape index (κ3) is 2.83. The predicted molar refractivity (Wildman–Crippen MR) is 77.9 cm³/mol. The van der Waals surface area contributed by atoms with Gasteiger partial charge >= 0.3 is 5.97 Å². The minimum Gasteiger partial charge on any atom is -0.478 e. The highest BCUT2D eigenvalue weighted by Gasteiger charge is 2.10. The molecule has 0 aliphatic rings. The number of hydrogen-bond donors (Lipinski definition) is 2. The summed E-state index contributed by atoms with van der Waals surface area (Å²) >= 11 is 5.11. The summed E-state index contributed by atoms with van der Waals surface area (Å²) in [7, 11) is 0. The average Bonchev–Trinajstić information content (AvgIpc) is 2.78. The SMILES string of the molecule is CC(C)c1n[nH]c(=S)n1/N=C/c1ccccc1C(=O)O. The molecule has 0 atom stereocenters. The van der Waals surface area contributed by atoms with Crippen molar-refractivity contribution in [1.29, 1.82) is 0 Å². The molecule has 1 aromatic heterocycles. The second-order valence-electron chi connectivity index (χ2n) is 4.49. The largest absolute Gasteiger partial charge is 0.478 e. The summed E-state index contributed by atoms with van der Waals surface area (Å²) in [4.78, 5) is 11.1. The fourth-order valence-electron chi connectivity index (χ4n) is 1.71. The Bertz CT molecular complexity index is 715. The van der Waals surface area contributed by atoms with E-state index in [0.717, 1.165) is 0 Å². The van der Waals surface area contributed by atoms with Crippen LogP contribution < -0.4 is 0 Å². The molecule has 104 valence electrons. The van der Waals surface area contributed by atoms with Crippen molar-refractivity contribution >= 4 is 24.4 Å². The number of carboxylic acid groups (broad SMARTS) is 1. The Morgan fingerprint density at radius 2 is 2.20 bits per heavy atom. The maximum absolute atomic E-state index is 11.1. The van der Waals surface area contributed by atoms with Crippen LogP contribution in [0.15, 0.2) is 29.4 Å². The Hall–Kier alpha value is -2.28. The van der Waals surface area contributed by atoms with Crippen LogP contribution in [0.2, 0.25) is 0 Å². The number of hydrogen-bond acceptors (Lipinski definition) is 4. The average molecular weight is 290 g/mol. The number of H-pyrrole nitrogens is 1. The lowest BCUT2D eigenvalue weighted by molar-refractivity contribution is 0.0697. The fraction of sp³-hybridized carbons (Fsp3) is 0.231. The van der Waals surface area contributed by atoms with Crippen molar-refractivity contribution in [2.75, 3.05) is 0 Å². The number of nitrogens with one attached hydrogen (secondary N) is 1. The second-order valence-corrected chi connectivity index (χ2v) is 4.88. The molecule has 0 fully saturated rings. The van der Waals surface area contributed by atoms with Crippen molar-refractivity contribution < 1.29 is 9.90 Å². The van der Waals surface area contributed by atoms with Crippen LogP contribution in [0.4, 0.5) is 0 Å². The summed E-state index contributed by atoms with van der Waals surface area (Å²) in [6.07, 6.45) is 1.47. The maximum atomic E-state index is 11.1. The van der Waals surface area contributed by atoms with Crippen molar-refractivity contribution in [2.24, 2.45) is 5.10 Å². The first kappa shape index (κ1) is 14.1. The Labute approximate surface area is 120 Å². The van der Waals surface area contributed by atoms with E-state index in [1.54, 1.807) is 18.2 Å². The summed E-state index contributed by atoms with van der Waals surface area (Å²) in [6, 6.07) is 6.64. The van der Waals surface area contributed by atoms with Crippen LogP contribution in [-0.2, 0) is 0 Å². The number of benzene rings is 1. The van der Waals surface area contributed by atoms with Crippen LogP contribution in [0.25, 0.3) is 0 Å². The molecule has 0 unspecified atom stereocenters. The number of aromatic amines is 1. The van der Waals surface area contributed by atoms with Gasteiger partial charge in [-0.2, -0.15) is 14.9 Å². The normalized spacial score (nSPS) is 11.3. The number of aromatic nitrogens is 3. The van der Waals surface area contributed by atoms with Gasteiger partial charge in [0.2, 0.25) is 4.77 Å². The number of nitrogens with zero attached hydrogens (tertiary/aromatic N) is 3. The van der Waals surface area contributed by atoms with Crippen molar-refractivity contribution in [3.8, 4) is 0 Å². The van der Waals surface area contributed by atoms with E-state index in [4.69, 9.17) is 17.3 Å². The van der Waals surface area contributed by atoms with Gasteiger partial charge in [-0.3, -0.25) is 5.10 Å². The summed E-state index contributed by atoms with van der Waals surface area (Å²) in [5.41, 5.74) is 0.704. The molecule has 0 bridgehead atoms. The van der Waals surface area contributed by atoms with Crippen molar-refractivity contribution in [2.45, 2.75) is 19.8 Å². The van der Waals surface area contributed by atoms with E-state index in [-0.39, 0.29) is 11.5 Å². The van der Waals surface area contributed by atoms with E-state index in [1.165, 1.54) is 17.0 Å². The van der Waals surface area contributed by atoms with E-state index in [1.807, 2.05) is 13.8 Å². The Kier molecular flexibility index (Phi) is 4.09. The highest BCUT2D eigenvalue weighted by Crippen LogP contribution is 2.12. The zero-order valence-electron chi connectivity index (χ0n) is 11.1. The molecule has 0 saturated carbocycles. The van der Waals surface area contributed by atoms with Gasteiger partial charge in [-0.1, -0.05) is 32.0 Å². The van der Waals surface area contributed by atoms with Crippen molar-refractivity contribution in [1.82, 2.24) is 14.9 Å². The molecule has 2 N–H and O–H groups in total. The van der Waals surface area contributed by atoms with E-state index in [2.05, 4.69) is 15.3 Å². The van der Waals surface area contributed by atoms with Gasteiger partial charge < -0.3 is 5.11 Å². The van der Waals surface area contributed by atoms with E-state index >= 15 is 0 Å². The summed E-state index contributed by atoms with van der Waals surface area (Å²) in [6.45, 7) is 3.95. The van der Waals surface area contributed by atoms with Crippen LogP contribution in [0.5, 0.6) is 0 Å². The number of carboxylic acids is 1. The topological polar surface area (TPSA) is 83.3 Å². The van der Waals surface area contributed by atoms with Gasteiger partial charge in [0.25, 0.3) is 0 Å². The first-order valence-electron chi connectivity index (χ1n) is 6.04. The van der Waals surface area contributed by atoms with Gasteiger partial charge in [-0.05, 0) is 18.3 Å². The van der Waals surface area contributed by atoms with Gasteiger partial charge in [0.1, 0.15) is 0 Å². The zero-order chi connectivity index (χ0) is 14.7. The minimum absolute atomic E-state index is 0.148. The molecule has 0 amide bonds. The van der Waals surface area contributed by atoms with Crippen LogP contribution in [0.3, 0.4) is 0 Å². The monoisotopic (exact) mass is 290 g/mol. The highest BCUT2D eigenvalue weighted by molar-refractivity contribution is 7.71. The van der Waals surface area contributed by atoms with Gasteiger partial charge in [-0.15, -0.1) is 0 Å². The van der Waals surface area contributed by atoms with E-state index in [9.17, 15) is 4.79 Å². The molecule has 0 radical (unpaired) electrons. The molecular formula is C13H14N4O2S.